The van der Waals surface area contributed by atoms with Gasteiger partial charge in [0.25, 0.3) is 11.8 Å². The van der Waals surface area contributed by atoms with E-state index in [1.54, 1.807) is 54.4 Å². The van der Waals surface area contributed by atoms with Gasteiger partial charge in [-0.3, -0.25) is 9.59 Å². The summed E-state index contributed by atoms with van der Waals surface area (Å²) in [5, 5.41) is 0. The molecule has 1 aromatic heterocycles. The number of benzene rings is 3. The Balaban J connectivity index is 1.48. The molecule has 0 fully saturated rings. The van der Waals surface area contributed by atoms with Crippen molar-refractivity contribution in [1.29, 1.82) is 0 Å². The normalized spacial score (nSPS) is 16.8. The van der Waals surface area contributed by atoms with Gasteiger partial charge < -0.3 is 19.0 Å². The van der Waals surface area contributed by atoms with E-state index in [0.717, 1.165) is 24.8 Å². The first-order valence-corrected chi connectivity index (χ1v) is 13.7. The highest BCUT2D eigenvalue weighted by Gasteiger charge is 2.29. The Hall–Kier alpha value is -4.39. The predicted molar refractivity (Wildman–Crippen MR) is 152 cm³/mol. The van der Waals surface area contributed by atoms with Crippen molar-refractivity contribution >= 4 is 11.8 Å². The zero-order chi connectivity index (χ0) is 27.9. The van der Waals surface area contributed by atoms with Crippen LogP contribution in [-0.4, -0.2) is 54.4 Å². The Morgan fingerprint density at radius 1 is 0.850 bits per heavy atom. The molecule has 0 saturated heterocycles. The van der Waals surface area contributed by atoms with Crippen molar-refractivity contribution in [2.45, 2.75) is 31.7 Å². The third-order valence-corrected chi connectivity index (χ3v) is 7.26. The van der Waals surface area contributed by atoms with Crippen molar-refractivity contribution < 1.29 is 23.1 Å². The summed E-state index contributed by atoms with van der Waals surface area (Å²) in [6, 6.07) is 26.4. The monoisotopic (exact) mass is 540 g/mol. The lowest BCUT2D eigenvalue weighted by Gasteiger charge is -2.31. The van der Waals surface area contributed by atoms with Crippen LogP contribution in [0.25, 0.3) is 11.3 Å². The van der Waals surface area contributed by atoms with Crippen LogP contribution in [0.1, 0.15) is 45.7 Å². The van der Waals surface area contributed by atoms with Crippen molar-refractivity contribution in [2.75, 3.05) is 26.7 Å². The van der Waals surface area contributed by atoms with Gasteiger partial charge in [-0.1, -0.05) is 54.6 Å². The molecule has 4 aromatic rings. The zero-order valence-corrected chi connectivity index (χ0v) is 22.6. The second-order valence-electron chi connectivity index (χ2n) is 10.1. The number of ether oxygens (including phenoxy) is 1. The topological polar surface area (TPSA) is 63.0 Å². The molecule has 40 heavy (non-hydrogen) atoms. The molecule has 0 aliphatic carbocycles. The van der Waals surface area contributed by atoms with E-state index >= 15 is 0 Å². The molecule has 206 valence electrons. The standard InChI is InChI=1S/C33H33FN2O4/c1-35-20-10-3-11-21-36(33(38)31-19-18-30(40-31)26-14-6-8-16-28(26)34)25(22-24-12-4-2-5-13-24)23-39-29-17-9-7-15-27(29)32(35)37/h2,4-9,12-19,25H,3,10-11,20-23H2,1H3/t25-/m1/s1. The minimum Gasteiger partial charge on any atom is -0.491 e. The van der Waals surface area contributed by atoms with E-state index in [1.165, 1.54) is 6.07 Å². The Bertz CT molecular complexity index is 1450. The van der Waals surface area contributed by atoms with Crippen molar-refractivity contribution in [3.63, 3.8) is 0 Å². The molecule has 0 saturated carbocycles. The number of hydrogen-bond donors (Lipinski definition) is 0. The van der Waals surface area contributed by atoms with E-state index < -0.39 is 5.82 Å². The van der Waals surface area contributed by atoms with Gasteiger partial charge in [0.05, 0.1) is 17.2 Å². The van der Waals surface area contributed by atoms with Crippen LogP contribution in [0.2, 0.25) is 0 Å². The van der Waals surface area contributed by atoms with Crippen LogP contribution in [0.4, 0.5) is 4.39 Å². The largest absolute Gasteiger partial charge is 0.491 e. The molecule has 5 rings (SSSR count). The molecule has 0 spiro atoms. The van der Waals surface area contributed by atoms with Gasteiger partial charge >= 0.3 is 0 Å². The van der Waals surface area contributed by atoms with Crippen LogP contribution in [-0.2, 0) is 6.42 Å². The molecule has 6 nitrogen and oxygen atoms in total. The number of fused-ring (bicyclic) bond motifs is 1. The first-order valence-electron chi connectivity index (χ1n) is 13.7. The lowest BCUT2D eigenvalue weighted by molar-refractivity contribution is 0.0575. The maximum absolute atomic E-state index is 14.4. The number of amides is 2. The molecule has 1 atom stereocenters. The third-order valence-electron chi connectivity index (χ3n) is 7.26. The fourth-order valence-corrected chi connectivity index (χ4v) is 5.07. The Kier molecular flexibility index (Phi) is 8.59. The van der Waals surface area contributed by atoms with E-state index in [-0.39, 0.29) is 30.2 Å². The second kappa shape index (κ2) is 12.6. The first-order chi connectivity index (χ1) is 19.5. The predicted octanol–water partition coefficient (Wildman–Crippen LogP) is 6.47. The highest BCUT2D eigenvalue weighted by atomic mass is 19.1. The molecule has 1 aliphatic rings. The average Bonchev–Trinajstić information content (AvgIpc) is 3.47. The number of carbonyl (C=O) groups excluding carboxylic acids is 2. The summed E-state index contributed by atoms with van der Waals surface area (Å²) in [6.07, 6.45) is 2.98. The van der Waals surface area contributed by atoms with Crippen LogP contribution in [0.5, 0.6) is 5.75 Å². The molecule has 2 heterocycles. The summed E-state index contributed by atoms with van der Waals surface area (Å²) in [6.45, 7) is 1.29. The van der Waals surface area contributed by atoms with Gasteiger partial charge in [0, 0.05) is 20.1 Å². The molecule has 0 unspecified atom stereocenters. The minimum atomic E-state index is -0.410. The summed E-state index contributed by atoms with van der Waals surface area (Å²) < 4.78 is 26.6. The maximum Gasteiger partial charge on any atom is 0.289 e. The number of furan rings is 1. The Labute approximate surface area is 234 Å². The molecule has 0 N–H and O–H groups in total. The van der Waals surface area contributed by atoms with Crippen LogP contribution in [0.15, 0.2) is 95.4 Å². The summed E-state index contributed by atoms with van der Waals surface area (Å²) in [5.74, 6) is 0.173. The van der Waals surface area contributed by atoms with Gasteiger partial charge in [0.2, 0.25) is 0 Å². The SMILES string of the molecule is CN1CCCCCN(C(=O)c2ccc(-c3ccccc3F)o2)[C@H](Cc2ccccc2)COc2ccccc2C1=O. The van der Waals surface area contributed by atoms with E-state index in [0.29, 0.717) is 42.1 Å². The van der Waals surface area contributed by atoms with E-state index in [4.69, 9.17) is 9.15 Å². The average molecular weight is 541 g/mol. The zero-order valence-electron chi connectivity index (χ0n) is 22.6. The highest BCUT2D eigenvalue weighted by molar-refractivity contribution is 5.96. The van der Waals surface area contributed by atoms with Crippen molar-refractivity contribution in [1.82, 2.24) is 9.80 Å². The van der Waals surface area contributed by atoms with E-state index in [9.17, 15) is 14.0 Å². The van der Waals surface area contributed by atoms with Gasteiger partial charge in [0.15, 0.2) is 5.76 Å². The Morgan fingerprint density at radius 3 is 2.35 bits per heavy atom. The molecule has 3 aromatic carbocycles. The van der Waals surface area contributed by atoms with Gasteiger partial charge in [-0.25, -0.2) is 4.39 Å². The third kappa shape index (κ3) is 6.25. The number of para-hydroxylation sites is 1. The highest BCUT2D eigenvalue weighted by Crippen LogP contribution is 2.27. The van der Waals surface area contributed by atoms with E-state index in [1.807, 2.05) is 47.4 Å². The number of halogens is 1. The minimum absolute atomic E-state index is 0.0846. The summed E-state index contributed by atoms with van der Waals surface area (Å²) in [7, 11) is 1.80. The van der Waals surface area contributed by atoms with Crippen LogP contribution < -0.4 is 4.74 Å². The number of hydrogen-bond acceptors (Lipinski definition) is 4. The smallest absolute Gasteiger partial charge is 0.289 e. The van der Waals surface area contributed by atoms with Gasteiger partial charge in [0.1, 0.15) is 23.9 Å². The van der Waals surface area contributed by atoms with Crippen LogP contribution in [0, 0.1) is 5.82 Å². The molecule has 7 heteroatoms. The molecular formula is C33H33FN2O4. The van der Waals surface area contributed by atoms with E-state index in [2.05, 4.69) is 0 Å². The number of carbonyl (C=O) groups is 2. The van der Waals surface area contributed by atoms with Gasteiger partial charge in [-0.15, -0.1) is 0 Å². The molecular weight excluding hydrogens is 507 g/mol. The molecule has 2 amide bonds. The van der Waals surface area contributed by atoms with Crippen LogP contribution >= 0.6 is 0 Å². The Morgan fingerprint density at radius 2 is 1.55 bits per heavy atom. The lowest BCUT2D eigenvalue weighted by atomic mass is 10.0. The first kappa shape index (κ1) is 27.2. The van der Waals surface area contributed by atoms with Crippen molar-refractivity contribution in [3.8, 4) is 17.1 Å². The number of rotatable bonds is 4. The fourth-order valence-electron chi connectivity index (χ4n) is 5.07. The van der Waals surface area contributed by atoms with Crippen LogP contribution in [0.3, 0.4) is 0 Å². The number of nitrogens with zero attached hydrogens (tertiary/aromatic N) is 2. The summed E-state index contributed by atoms with van der Waals surface area (Å²) >= 11 is 0. The van der Waals surface area contributed by atoms with Crippen molar-refractivity contribution in [3.05, 3.63) is 114 Å². The van der Waals surface area contributed by atoms with Gasteiger partial charge in [-0.05, 0) is 67.6 Å². The summed E-state index contributed by atoms with van der Waals surface area (Å²) in [5.41, 5.74) is 1.87. The van der Waals surface area contributed by atoms with Crippen molar-refractivity contribution in [2.24, 2.45) is 0 Å². The molecule has 0 bridgehead atoms. The maximum atomic E-state index is 14.4. The quantitative estimate of drug-likeness (QED) is 0.298. The fraction of sp³-hybridized carbons (Fsp3) is 0.273. The van der Waals surface area contributed by atoms with Gasteiger partial charge in [-0.2, -0.15) is 0 Å². The lowest BCUT2D eigenvalue weighted by Crippen LogP contribution is -2.45. The molecule has 0 radical (unpaired) electrons. The second-order valence-corrected chi connectivity index (χ2v) is 10.1. The molecule has 1 aliphatic heterocycles. The summed E-state index contributed by atoms with van der Waals surface area (Å²) in [4.78, 5) is 30.7.